The standard InChI is InChI=1S/C15H29NO5S/c1-8(2)11-7-12(9(3)4)15(22-21-20-19)13(10(5)6)14(11)16(17)18/h8-15,19H,7H2,1-6H3. The Bertz CT molecular complexity index is 364. The van der Waals surface area contributed by atoms with Gasteiger partial charge in [0.2, 0.25) is 6.04 Å². The van der Waals surface area contributed by atoms with Crippen molar-refractivity contribution < 1.29 is 19.6 Å². The molecule has 0 aromatic rings. The van der Waals surface area contributed by atoms with Gasteiger partial charge in [0.05, 0.1) is 0 Å². The first-order valence-corrected chi connectivity index (χ1v) is 8.79. The predicted octanol–water partition coefficient (Wildman–Crippen LogP) is 4.29. The quantitative estimate of drug-likeness (QED) is 0.323. The second-order valence-corrected chi connectivity index (χ2v) is 8.23. The lowest BCUT2D eigenvalue weighted by atomic mass is 9.62. The van der Waals surface area contributed by atoms with Gasteiger partial charge >= 0.3 is 0 Å². The molecule has 1 fully saturated rings. The van der Waals surface area contributed by atoms with E-state index in [0.29, 0.717) is 5.92 Å². The fraction of sp³-hybridized carbons (Fsp3) is 1.00. The highest BCUT2D eigenvalue weighted by Gasteiger charge is 2.54. The molecule has 1 aliphatic carbocycles. The molecule has 1 aliphatic rings. The van der Waals surface area contributed by atoms with Crippen molar-refractivity contribution in [1.29, 1.82) is 0 Å². The van der Waals surface area contributed by atoms with Gasteiger partial charge in [-0.15, -0.1) is 4.33 Å². The van der Waals surface area contributed by atoms with Crippen molar-refractivity contribution >= 4 is 12.0 Å². The molecule has 130 valence electrons. The normalized spacial score (nSPS) is 32.9. The van der Waals surface area contributed by atoms with E-state index in [2.05, 4.69) is 32.7 Å². The van der Waals surface area contributed by atoms with Gasteiger partial charge in [0, 0.05) is 34.1 Å². The number of nitrogens with zero attached hydrogens (tertiary/aromatic N) is 1. The van der Waals surface area contributed by atoms with E-state index in [4.69, 9.17) is 9.59 Å². The molecule has 1 rings (SSSR count). The van der Waals surface area contributed by atoms with E-state index in [1.807, 2.05) is 13.8 Å². The van der Waals surface area contributed by atoms with Crippen LogP contribution in [0.25, 0.3) is 0 Å². The lowest BCUT2D eigenvalue weighted by Gasteiger charge is -2.46. The van der Waals surface area contributed by atoms with Gasteiger partial charge in [0.25, 0.3) is 0 Å². The molecule has 0 radical (unpaired) electrons. The second kappa shape index (κ2) is 8.47. The average molecular weight is 335 g/mol. The molecule has 7 heteroatoms. The van der Waals surface area contributed by atoms with Crippen molar-refractivity contribution in [3.05, 3.63) is 10.1 Å². The fourth-order valence-electron chi connectivity index (χ4n) is 3.94. The zero-order chi connectivity index (χ0) is 17.0. The predicted molar refractivity (Wildman–Crippen MR) is 86.6 cm³/mol. The second-order valence-electron chi connectivity index (χ2n) is 7.35. The van der Waals surface area contributed by atoms with Gasteiger partial charge < -0.3 is 0 Å². The molecule has 0 aromatic carbocycles. The SMILES string of the molecule is CC(C)C1CC(C(C)C)C([N+](=O)[O-])C(C(C)C)C1SOOO. The monoisotopic (exact) mass is 335 g/mol. The van der Waals surface area contributed by atoms with Crippen LogP contribution in [0.5, 0.6) is 0 Å². The molecule has 0 heterocycles. The van der Waals surface area contributed by atoms with Gasteiger partial charge in [0.1, 0.15) is 0 Å². The van der Waals surface area contributed by atoms with Crippen LogP contribution < -0.4 is 0 Å². The molecule has 0 spiro atoms. The zero-order valence-corrected chi connectivity index (χ0v) is 15.1. The molecular weight excluding hydrogens is 306 g/mol. The largest absolute Gasteiger partial charge is 0.264 e. The summed E-state index contributed by atoms with van der Waals surface area (Å²) in [5, 5.41) is 23.9. The van der Waals surface area contributed by atoms with Crippen LogP contribution in [0.2, 0.25) is 0 Å². The van der Waals surface area contributed by atoms with Crippen LogP contribution in [0.3, 0.4) is 0 Å². The summed E-state index contributed by atoms with van der Waals surface area (Å²) in [5.41, 5.74) is 0. The number of hydrogen-bond acceptors (Lipinski definition) is 6. The summed E-state index contributed by atoms with van der Waals surface area (Å²) >= 11 is 1.03. The van der Waals surface area contributed by atoms with Gasteiger partial charge in [-0.05, 0) is 30.1 Å². The van der Waals surface area contributed by atoms with Crippen molar-refractivity contribution in [3.63, 3.8) is 0 Å². The third-order valence-corrected chi connectivity index (χ3v) is 6.11. The molecule has 1 N–H and O–H groups in total. The Morgan fingerprint density at radius 3 is 2.00 bits per heavy atom. The van der Waals surface area contributed by atoms with E-state index < -0.39 is 6.04 Å². The molecule has 0 aliphatic heterocycles. The van der Waals surface area contributed by atoms with Crippen molar-refractivity contribution in [3.8, 4) is 0 Å². The summed E-state index contributed by atoms with van der Waals surface area (Å²) in [4.78, 5) is 11.6. The number of hydrogen-bond donors (Lipinski definition) is 1. The zero-order valence-electron chi connectivity index (χ0n) is 14.3. The summed E-state index contributed by atoms with van der Waals surface area (Å²) < 4.78 is 4.71. The van der Waals surface area contributed by atoms with Crippen molar-refractivity contribution in [1.82, 2.24) is 0 Å². The van der Waals surface area contributed by atoms with Crippen LogP contribution in [0.4, 0.5) is 0 Å². The van der Waals surface area contributed by atoms with Crippen LogP contribution in [-0.4, -0.2) is 21.5 Å². The Morgan fingerprint density at radius 1 is 1.09 bits per heavy atom. The van der Waals surface area contributed by atoms with Crippen molar-refractivity contribution in [2.45, 2.75) is 59.3 Å². The van der Waals surface area contributed by atoms with E-state index >= 15 is 0 Å². The summed E-state index contributed by atoms with van der Waals surface area (Å²) in [5.74, 6) is 1.02. The van der Waals surface area contributed by atoms with Crippen LogP contribution in [-0.2, 0) is 9.37 Å². The highest BCUT2D eigenvalue weighted by molar-refractivity contribution is 7.95. The van der Waals surface area contributed by atoms with E-state index in [-0.39, 0.29) is 39.8 Å². The minimum absolute atomic E-state index is 0.0571. The van der Waals surface area contributed by atoms with Gasteiger partial charge in [-0.2, -0.15) is 0 Å². The van der Waals surface area contributed by atoms with Crippen molar-refractivity contribution in [2.75, 3.05) is 0 Å². The minimum atomic E-state index is -0.588. The summed E-state index contributed by atoms with van der Waals surface area (Å²) in [6.45, 7) is 12.5. The summed E-state index contributed by atoms with van der Waals surface area (Å²) in [7, 11) is 0. The maximum atomic E-state index is 11.8. The van der Waals surface area contributed by atoms with E-state index in [1.165, 1.54) is 0 Å². The maximum absolute atomic E-state index is 11.8. The topological polar surface area (TPSA) is 81.8 Å². The molecule has 0 amide bonds. The average Bonchev–Trinajstić information content (AvgIpc) is 2.42. The number of nitro groups is 1. The Balaban J connectivity index is 3.22. The molecule has 5 atom stereocenters. The van der Waals surface area contributed by atoms with Crippen LogP contribution in [0.15, 0.2) is 0 Å². The van der Waals surface area contributed by atoms with Gasteiger partial charge in [-0.25, -0.2) is 5.26 Å². The minimum Gasteiger partial charge on any atom is -0.264 e. The Labute approximate surface area is 137 Å². The Hall–Kier alpha value is -0.370. The highest BCUT2D eigenvalue weighted by atomic mass is 32.2. The molecule has 0 aromatic heterocycles. The fourth-order valence-corrected chi connectivity index (χ4v) is 5.24. The third-order valence-electron chi connectivity index (χ3n) is 5.09. The van der Waals surface area contributed by atoms with Gasteiger partial charge in [0.15, 0.2) is 0 Å². The summed E-state index contributed by atoms with van der Waals surface area (Å²) in [6.07, 6.45) is 0.802. The lowest BCUT2D eigenvalue weighted by molar-refractivity contribution is -0.550. The van der Waals surface area contributed by atoms with Crippen LogP contribution in [0.1, 0.15) is 48.0 Å². The third kappa shape index (κ3) is 4.34. The van der Waals surface area contributed by atoms with Crippen LogP contribution >= 0.6 is 12.0 Å². The molecule has 0 saturated heterocycles. The Kier molecular flexibility index (Phi) is 7.58. The Morgan fingerprint density at radius 2 is 1.64 bits per heavy atom. The maximum Gasteiger partial charge on any atom is 0.220 e. The van der Waals surface area contributed by atoms with E-state index in [9.17, 15) is 10.1 Å². The number of rotatable bonds is 7. The first-order valence-electron chi connectivity index (χ1n) is 7.99. The van der Waals surface area contributed by atoms with Crippen molar-refractivity contribution in [2.24, 2.45) is 35.5 Å². The molecule has 1 saturated carbocycles. The summed E-state index contributed by atoms with van der Waals surface area (Å²) in [6, 6.07) is -0.588. The van der Waals surface area contributed by atoms with Gasteiger partial charge in [-0.3, -0.25) is 10.1 Å². The van der Waals surface area contributed by atoms with Gasteiger partial charge in [-0.1, -0.05) is 46.6 Å². The molecule has 6 nitrogen and oxygen atoms in total. The van der Waals surface area contributed by atoms with Crippen LogP contribution in [0, 0.1) is 45.6 Å². The lowest BCUT2D eigenvalue weighted by Crippen LogP contribution is -2.53. The molecule has 5 unspecified atom stereocenters. The highest BCUT2D eigenvalue weighted by Crippen LogP contribution is 2.49. The van der Waals surface area contributed by atoms with E-state index in [0.717, 1.165) is 18.5 Å². The smallest absolute Gasteiger partial charge is 0.220 e. The first kappa shape index (κ1) is 19.7. The molecule has 22 heavy (non-hydrogen) atoms. The molecule has 0 bridgehead atoms. The van der Waals surface area contributed by atoms with E-state index in [1.54, 1.807) is 0 Å². The first-order chi connectivity index (χ1) is 10.2. The molecular formula is C15H29NO5S.